The highest BCUT2D eigenvalue weighted by molar-refractivity contribution is 5.96. The molecule has 0 saturated carbocycles. The molecule has 1 fully saturated rings. The molecule has 0 radical (unpaired) electrons. The van der Waals surface area contributed by atoms with Gasteiger partial charge in [0.2, 0.25) is 5.91 Å². The molecule has 22 heavy (non-hydrogen) atoms. The van der Waals surface area contributed by atoms with Crippen LogP contribution in [0.15, 0.2) is 24.3 Å². The molecule has 1 aliphatic rings. The summed E-state index contributed by atoms with van der Waals surface area (Å²) in [7, 11) is 1.97. The van der Waals surface area contributed by atoms with E-state index in [0.717, 1.165) is 32.5 Å². The molecule has 2 N–H and O–H groups in total. The Hall–Kier alpha value is -1.88. The van der Waals surface area contributed by atoms with Crippen LogP contribution in [0, 0.1) is 5.92 Å². The van der Waals surface area contributed by atoms with E-state index in [1.54, 1.807) is 24.3 Å². The zero-order chi connectivity index (χ0) is 15.9. The second-order valence-corrected chi connectivity index (χ2v) is 5.89. The minimum absolute atomic E-state index is 0.0549. The molecular weight excluding hydrogens is 278 g/mol. The predicted molar refractivity (Wildman–Crippen MR) is 87.9 cm³/mol. The van der Waals surface area contributed by atoms with E-state index in [0.29, 0.717) is 17.2 Å². The highest BCUT2D eigenvalue weighted by atomic mass is 16.2. The van der Waals surface area contributed by atoms with E-state index in [9.17, 15) is 9.59 Å². The first-order valence-corrected chi connectivity index (χ1v) is 7.91. The van der Waals surface area contributed by atoms with Crippen molar-refractivity contribution in [2.75, 3.05) is 32.0 Å². The molecule has 0 aliphatic carbocycles. The van der Waals surface area contributed by atoms with Crippen molar-refractivity contribution in [1.82, 2.24) is 10.2 Å². The molecule has 120 valence electrons. The number of hydrogen-bond acceptors (Lipinski definition) is 3. The monoisotopic (exact) mass is 303 g/mol. The Balaban J connectivity index is 1.93. The Morgan fingerprint density at radius 2 is 2.00 bits per heavy atom. The number of piperidine rings is 1. The summed E-state index contributed by atoms with van der Waals surface area (Å²) in [5.41, 5.74) is 1.31. The van der Waals surface area contributed by atoms with Gasteiger partial charge in [-0.05, 0) is 57.0 Å². The number of likely N-dealkylation sites (tertiary alicyclic amines) is 1. The number of carbonyl (C=O) groups excluding carboxylic acids is 2. The van der Waals surface area contributed by atoms with Crippen molar-refractivity contribution in [3.63, 3.8) is 0 Å². The third kappa shape index (κ3) is 4.56. The van der Waals surface area contributed by atoms with E-state index in [1.165, 1.54) is 13.3 Å². The molecular formula is C17H25N3O2. The van der Waals surface area contributed by atoms with Crippen LogP contribution in [0.2, 0.25) is 0 Å². The Morgan fingerprint density at radius 1 is 1.27 bits per heavy atom. The number of nitrogens with zero attached hydrogens (tertiary/aromatic N) is 1. The van der Waals surface area contributed by atoms with Crippen LogP contribution in [0.4, 0.5) is 5.69 Å². The van der Waals surface area contributed by atoms with Crippen LogP contribution < -0.4 is 10.6 Å². The second kappa shape index (κ2) is 7.94. The molecule has 1 saturated heterocycles. The standard InChI is InChI=1S/C17H25N3O2/c1-13(21)19-16-5-3-4-15(12-16)17(22)20-10-7-14(8-11-20)6-9-18-2/h3-5,12,14,18H,6-11H2,1-2H3,(H,19,21). The van der Waals surface area contributed by atoms with Gasteiger partial charge in [0, 0.05) is 31.3 Å². The molecule has 0 spiro atoms. The third-order valence-electron chi connectivity index (χ3n) is 4.13. The molecule has 0 atom stereocenters. The summed E-state index contributed by atoms with van der Waals surface area (Å²) in [5.74, 6) is 0.636. The summed E-state index contributed by atoms with van der Waals surface area (Å²) in [5, 5.41) is 5.90. The maximum absolute atomic E-state index is 12.6. The van der Waals surface area contributed by atoms with E-state index in [2.05, 4.69) is 10.6 Å². The molecule has 1 aromatic carbocycles. The molecule has 1 aromatic rings. The van der Waals surface area contributed by atoms with Gasteiger partial charge in [-0.2, -0.15) is 0 Å². The zero-order valence-electron chi connectivity index (χ0n) is 13.4. The van der Waals surface area contributed by atoms with Crippen molar-refractivity contribution in [2.45, 2.75) is 26.2 Å². The summed E-state index contributed by atoms with van der Waals surface area (Å²) >= 11 is 0. The van der Waals surface area contributed by atoms with Crippen molar-refractivity contribution in [1.29, 1.82) is 0 Å². The van der Waals surface area contributed by atoms with Crippen molar-refractivity contribution in [3.05, 3.63) is 29.8 Å². The predicted octanol–water partition coefficient (Wildman–Crippen LogP) is 2.11. The average Bonchev–Trinajstić information content (AvgIpc) is 2.52. The third-order valence-corrected chi connectivity index (χ3v) is 4.13. The fourth-order valence-electron chi connectivity index (χ4n) is 2.89. The van der Waals surface area contributed by atoms with E-state index in [4.69, 9.17) is 0 Å². The van der Waals surface area contributed by atoms with Gasteiger partial charge in [0.05, 0.1) is 0 Å². The van der Waals surface area contributed by atoms with Crippen LogP contribution in [-0.4, -0.2) is 43.4 Å². The van der Waals surface area contributed by atoms with E-state index in [-0.39, 0.29) is 11.8 Å². The Labute approximate surface area is 132 Å². The van der Waals surface area contributed by atoms with Crippen molar-refractivity contribution in [3.8, 4) is 0 Å². The molecule has 5 nitrogen and oxygen atoms in total. The Morgan fingerprint density at radius 3 is 2.64 bits per heavy atom. The second-order valence-electron chi connectivity index (χ2n) is 5.89. The lowest BCUT2D eigenvalue weighted by molar-refractivity contribution is -0.114. The van der Waals surface area contributed by atoms with Crippen LogP contribution in [0.1, 0.15) is 36.5 Å². The summed E-state index contributed by atoms with van der Waals surface area (Å²) < 4.78 is 0. The molecule has 2 amide bonds. The van der Waals surface area contributed by atoms with Gasteiger partial charge in [0.1, 0.15) is 0 Å². The molecule has 0 aromatic heterocycles. The van der Waals surface area contributed by atoms with Crippen molar-refractivity contribution < 1.29 is 9.59 Å². The number of carbonyl (C=O) groups is 2. The topological polar surface area (TPSA) is 61.4 Å². The van der Waals surface area contributed by atoms with Gasteiger partial charge in [0.25, 0.3) is 5.91 Å². The number of benzene rings is 1. The zero-order valence-corrected chi connectivity index (χ0v) is 13.4. The van der Waals surface area contributed by atoms with Gasteiger partial charge >= 0.3 is 0 Å². The average molecular weight is 303 g/mol. The first kappa shape index (κ1) is 16.5. The van der Waals surface area contributed by atoms with E-state index >= 15 is 0 Å². The lowest BCUT2D eigenvalue weighted by Gasteiger charge is -2.32. The quantitative estimate of drug-likeness (QED) is 0.876. The summed E-state index contributed by atoms with van der Waals surface area (Å²) in [6.45, 7) is 4.14. The molecule has 1 heterocycles. The molecule has 2 rings (SSSR count). The fourth-order valence-corrected chi connectivity index (χ4v) is 2.89. The fraction of sp³-hybridized carbons (Fsp3) is 0.529. The summed E-state index contributed by atoms with van der Waals surface area (Å²) in [6, 6.07) is 7.15. The smallest absolute Gasteiger partial charge is 0.253 e. The van der Waals surface area contributed by atoms with Crippen molar-refractivity contribution in [2.24, 2.45) is 5.92 Å². The maximum atomic E-state index is 12.6. The number of rotatable bonds is 5. The van der Waals surface area contributed by atoms with Crippen LogP contribution in [0.5, 0.6) is 0 Å². The molecule has 0 bridgehead atoms. The number of amides is 2. The highest BCUT2D eigenvalue weighted by Gasteiger charge is 2.23. The minimum Gasteiger partial charge on any atom is -0.339 e. The molecule has 5 heteroatoms. The van der Waals surface area contributed by atoms with Gasteiger partial charge in [-0.1, -0.05) is 6.07 Å². The van der Waals surface area contributed by atoms with Gasteiger partial charge < -0.3 is 15.5 Å². The lowest BCUT2D eigenvalue weighted by atomic mass is 9.93. The minimum atomic E-state index is -0.130. The van der Waals surface area contributed by atoms with Crippen LogP contribution in [-0.2, 0) is 4.79 Å². The highest BCUT2D eigenvalue weighted by Crippen LogP contribution is 2.22. The van der Waals surface area contributed by atoms with Gasteiger partial charge in [-0.15, -0.1) is 0 Å². The van der Waals surface area contributed by atoms with E-state index < -0.39 is 0 Å². The summed E-state index contributed by atoms with van der Waals surface area (Å²) in [4.78, 5) is 25.6. The first-order valence-electron chi connectivity index (χ1n) is 7.91. The SMILES string of the molecule is CNCCC1CCN(C(=O)c2cccc(NC(C)=O)c2)CC1. The largest absolute Gasteiger partial charge is 0.339 e. The van der Waals surface area contributed by atoms with Crippen LogP contribution in [0.3, 0.4) is 0 Å². The number of anilines is 1. The van der Waals surface area contributed by atoms with E-state index in [1.807, 2.05) is 11.9 Å². The van der Waals surface area contributed by atoms with Gasteiger partial charge in [-0.3, -0.25) is 9.59 Å². The van der Waals surface area contributed by atoms with Gasteiger partial charge in [-0.25, -0.2) is 0 Å². The first-order chi connectivity index (χ1) is 10.6. The number of nitrogens with one attached hydrogen (secondary N) is 2. The van der Waals surface area contributed by atoms with Crippen LogP contribution >= 0.6 is 0 Å². The van der Waals surface area contributed by atoms with Gasteiger partial charge in [0.15, 0.2) is 0 Å². The maximum Gasteiger partial charge on any atom is 0.253 e. The Bertz CT molecular complexity index is 522. The lowest BCUT2D eigenvalue weighted by Crippen LogP contribution is -2.39. The molecule has 0 unspecified atom stereocenters. The Kier molecular flexibility index (Phi) is 5.95. The number of hydrogen-bond donors (Lipinski definition) is 2. The molecule has 1 aliphatic heterocycles. The van der Waals surface area contributed by atoms with Crippen LogP contribution in [0.25, 0.3) is 0 Å². The summed E-state index contributed by atoms with van der Waals surface area (Å²) in [6.07, 6.45) is 3.31. The van der Waals surface area contributed by atoms with Crippen molar-refractivity contribution >= 4 is 17.5 Å². The normalized spacial score (nSPS) is 15.6.